The zero-order valence-electron chi connectivity index (χ0n) is 10.6. The highest BCUT2D eigenvalue weighted by atomic mass is 19.1. The molecule has 0 saturated heterocycles. The fraction of sp³-hybridized carbons (Fsp3) is 0.538. The van der Waals surface area contributed by atoms with E-state index in [1.54, 1.807) is 0 Å². The van der Waals surface area contributed by atoms with Gasteiger partial charge in [-0.15, -0.1) is 0 Å². The van der Waals surface area contributed by atoms with Gasteiger partial charge in [0.2, 0.25) is 0 Å². The van der Waals surface area contributed by atoms with E-state index in [0.717, 1.165) is 25.3 Å². The monoisotopic (exact) mass is 268 g/mol. The van der Waals surface area contributed by atoms with E-state index in [1.807, 2.05) is 0 Å². The minimum Gasteiger partial charge on any atom is -0.396 e. The average molecular weight is 268 g/mol. The lowest BCUT2D eigenvalue weighted by Gasteiger charge is -2.42. The lowest BCUT2D eigenvalue weighted by Crippen LogP contribution is -2.37. The van der Waals surface area contributed by atoms with Crippen molar-refractivity contribution in [1.82, 2.24) is 0 Å². The second-order valence-electron chi connectivity index (χ2n) is 5.10. The molecule has 0 spiro atoms. The van der Waals surface area contributed by atoms with Crippen LogP contribution in [0.2, 0.25) is 0 Å². The molecule has 1 aliphatic rings. The predicted octanol–water partition coefficient (Wildman–Crippen LogP) is 2.70. The normalized spacial score (nSPS) is 16.7. The number of nitrogens with one attached hydrogen (secondary N) is 1. The highest BCUT2D eigenvalue weighted by Gasteiger charge is 2.36. The van der Waals surface area contributed by atoms with Gasteiger partial charge in [0.1, 0.15) is 0 Å². The number of non-ortho nitro benzene ring substituents is 1. The summed E-state index contributed by atoms with van der Waals surface area (Å²) >= 11 is 0. The molecular weight excluding hydrogens is 251 g/mol. The van der Waals surface area contributed by atoms with Crippen molar-refractivity contribution in [2.75, 3.05) is 18.5 Å². The quantitative estimate of drug-likeness (QED) is 0.614. The van der Waals surface area contributed by atoms with E-state index in [1.165, 1.54) is 12.1 Å². The number of rotatable bonds is 6. The van der Waals surface area contributed by atoms with Crippen molar-refractivity contribution in [1.29, 1.82) is 0 Å². The molecule has 2 rings (SSSR count). The number of hydrogen-bond donors (Lipinski definition) is 2. The van der Waals surface area contributed by atoms with Gasteiger partial charge in [-0.2, -0.15) is 0 Å². The van der Waals surface area contributed by atoms with Crippen LogP contribution in [0.25, 0.3) is 0 Å². The lowest BCUT2D eigenvalue weighted by atomic mass is 9.67. The largest absolute Gasteiger partial charge is 0.396 e. The molecule has 1 aliphatic carbocycles. The maximum absolute atomic E-state index is 13.7. The number of hydrogen-bond acceptors (Lipinski definition) is 4. The van der Waals surface area contributed by atoms with Crippen molar-refractivity contribution in [2.24, 2.45) is 5.41 Å². The van der Waals surface area contributed by atoms with E-state index >= 15 is 0 Å². The van der Waals surface area contributed by atoms with Gasteiger partial charge in [0, 0.05) is 19.2 Å². The van der Waals surface area contributed by atoms with Crippen LogP contribution in [0.15, 0.2) is 18.2 Å². The van der Waals surface area contributed by atoms with Gasteiger partial charge >= 0.3 is 0 Å². The fourth-order valence-electron chi connectivity index (χ4n) is 2.47. The van der Waals surface area contributed by atoms with Gasteiger partial charge in [0.05, 0.1) is 16.7 Å². The summed E-state index contributed by atoms with van der Waals surface area (Å²) in [7, 11) is 0. The van der Waals surface area contributed by atoms with E-state index < -0.39 is 10.7 Å². The van der Waals surface area contributed by atoms with E-state index in [2.05, 4.69) is 5.32 Å². The Balaban J connectivity index is 2.01. The molecule has 104 valence electrons. The lowest BCUT2D eigenvalue weighted by molar-refractivity contribution is -0.385. The maximum atomic E-state index is 13.7. The standard InChI is InChI=1S/C13H17FN2O3/c14-11-8-10(16(18)19)2-3-12(11)15-9-13(6-7-17)4-1-5-13/h2-3,8,15,17H,1,4-7,9H2. The summed E-state index contributed by atoms with van der Waals surface area (Å²) in [6.07, 6.45) is 3.88. The minimum atomic E-state index is -0.619. The van der Waals surface area contributed by atoms with Crippen LogP contribution in [0.5, 0.6) is 0 Å². The van der Waals surface area contributed by atoms with Gasteiger partial charge < -0.3 is 10.4 Å². The number of nitrogens with zero attached hydrogens (tertiary/aromatic N) is 1. The Bertz CT molecular complexity index is 475. The van der Waals surface area contributed by atoms with Crippen LogP contribution in [-0.2, 0) is 0 Å². The Morgan fingerprint density at radius 2 is 2.21 bits per heavy atom. The molecule has 0 unspecified atom stereocenters. The Hall–Kier alpha value is -1.69. The second kappa shape index (κ2) is 5.52. The molecule has 1 saturated carbocycles. The zero-order valence-corrected chi connectivity index (χ0v) is 10.6. The van der Waals surface area contributed by atoms with Crippen molar-refractivity contribution >= 4 is 11.4 Å². The SMILES string of the molecule is O=[N+]([O-])c1ccc(NCC2(CCO)CCC2)c(F)c1. The first-order valence-corrected chi connectivity index (χ1v) is 6.35. The highest BCUT2D eigenvalue weighted by Crippen LogP contribution is 2.43. The Morgan fingerprint density at radius 3 is 2.68 bits per heavy atom. The molecule has 5 nitrogen and oxygen atoms in total. The number of aliphatic hydroxyl groups excluding tert-OH is 1. The molecule has 6 heteroatoms. The van der Waals surface area contributed by atoms with E-state index in [0.29, 0.717) is 13.0 Å². The molecule has 0 bridgehead atoms. The van der Waals surface area contributed by atoms with Crippen LogP contribution in [0.4, 0.5) is 15.8 Å². The third-order valence-electron chi connectivity index (χ3n) is 3.87. The summed E-state index contributed by atoms with van der Waals surface area (Å²) in [5, 5.41) is 22.6. The number of aliphatic hydroxyl groups is 1. The van der Waals surface area contributed by atoms with Gasteiger partial charge in [0.15, 0.2) is 5.82 Å². The van der Waals surface area contributed by atoms with Crippen molar-refractivity contribution in [3.8, 4) is 0 Å². The summed E-state index contributed by atoms with van der Waals surface area (Å²) in [4.78, 5) is 9.89. The molecule has 1 aromatic carbocycles. The number of nitro groups is 1. The smallest absolute Gasteiger partial charge is 0.272 e. The predicted molar refractivity (Wildman–Crippen MR) is 69.5 cm³/mol. The first kappa shape index (κ1) is 13.7. The van der Waals surface area contributed by atoms with Crippen LogP contribution < -0.4 is 5.32 Å². The summed E-state index contributed by atoms with van der Waals surface area (Å²) in [6.45, 7) is 0.715. The van der Waals surface area contributed by atoms with Gasteiger partial charge in [-0.3, -0.25) is 10.1 Å². The number of halogens is 1. The van der Waals surface area contributed by atoms with Crippen molar-refractivity contribution < 1.29 is 14.4 Å². The summed E-state index contributed by atoms with van der Waals surface area (Å²) in [5.41, 5.74) is 0.0646. The maximum Gasteiger partial charge on any atom is 0.272 e. The summed E-state index contributed by atoms with van der Waals surface area (Å²) < 4.78 is 13.7. The first-order valence-electron chi connectivity index (χ1n) is 6.35. The minimum absolute atomic E-state index is 0.0446. The second-order valence-corrected chi connectivity index (χ2v) is 5.10. The summed E-state index contributed by atoms with van der Waals surface area (Å²) in [6, 6.07) is 3.59. The molecule has 0 atom stereocenters. The molecular formula is C13H17FN2O3. The third kappa shape index (κ3) is 3.01. The molecule has 1 fully saturated rings. The Morgan fingerprint density at radius 1 is 1.47 bits per heavy atom. The van der Waals surface area contributed by atoms with E-state index in [-0.39, 0.29) is 23.4 Å². The van der Waals surface area contributed by atoms with Gasteiger partial charge in [0.25, 0.3) is 5.69 Å². The highest BCUT2D eigenvalue weighted by molar-refractivity contribution is 5.50. The molecule has 2 N–H and O–H groups in total. The zero-order chi connectivity index (χ0) is 13.9. The van der Waals surface area contributed by atoms with Gasteiger partial charge in [-0.1, -0.05) is 6.42 Å². The van der Waals surface area contributed by atoms with Crippen LogP contribution in [-0.4, -0.2) is 23.2 Å². The fourth-order valence-corrected chi connectivity index (χ4v) is 2.47. The van der Waals surface area contributed by atoms with E-state index in [9.17, 15) is 14.5 Å². The van der Waals surface area contributed by atoms with Crippen LogP contribution >= 0.6 is 0 Å². The van der Waals surface area contributed by atoms with Crippen LogP contribution in [0, 0.1) is 21.3 Å². The van der Waals surface area contributed by atoms with E-state index in [4.69, 9.17) is 5.11 Å². The van der Waals surface area contributed by atoms with Crippen molar-refractivity contribution in [3.63, 3.8) is 0 Å². The average Bonchev–Trinajstić information content (AvgIpc) is 2.33. The molecule has 0 aliphatic heterocycles. The number of nitro benzene ring substituents is 1. The van der Waals surface area contributed by atoms with Crippen molar-refractivity contribution in [2.45, 2.75) is 25.7 Å². The summed E-state index contributed by atoms with van der Waals surface area (Å²) in [5.74, 6) is -0.618. The van der Waals surface area contributed by atoms with Crippen molar-refractivity contribution in [3.05, 3.63) is 34.1 Å². The van der Waals surface area contributed by atoms with Gasteiger partial charge in [-0.25, -0.2) is 4.39 Å². The molecule has 0 heterocycles. The first-order chi connectivity index (χ1) is 9.06. The number of benzene rings is 1. The van der Waals surface area contributed by atoms with Crippen LogP contribution in [0.3, 0.4) is 0 Å². The molecule has 19 heavy (non-hydrogen) atoms. The molecule has 0 aromatic heterocycles. The Labute approximate surface area is 110 Å². The Kier molecular flexibility index (Phi) is 3.99. The molecule has 1 aromatic rings. The van der Waals surface area contributed by atoms with Crippen LogP contribution in [0.1, 0.15) is 25.7 Å². The molecule has 0 radical (unpaired) electrons. The topological polar surface area (TPSA) is 75.4 Å². The van der Waals surface area contributed by atoms with Gasteiger partial charge in [-0.05, 0) is 30.7 Å². The third-order valence-corrected chi connectivity index (χ3v) is 3.87. The number of anilines is 1. The molecule has 0 amide bonds.